The number of halogens is 1. The number of hydrogen-bond acceptors (Lipinski definition) is 5. The van der Waals surface area contributed by atoms with Gasteiger partial charge in [0.15, 0.2) is 0 Å². The standard InChI is InChI=1S/C23H17N3O2S.ClH/c27-20-13-24-10-7-17(20)18-14-29-21-9-12-26(23(28)22(18)21)11-8-16-6-5-15-3-1-2-4-19(15)25-16;/h1-7,9-10,12-14,27H,8,11H2;1H. The van der Waals surface area contributed by atoms with Crippen LogP contribution in [0.25, 0.3) is 32.1 Å². The van der Waals surface area contributed by atoms with Crippen LogP contribution in [0.4, 0.5) is 0 Å². The van der Waals surface area contributed by atoms with Crippen molar-refractivity contribution in [3.05, 3.63) is 88.5 Å². The summed E-state index contributed by atoms with van der Waals surface area (Å²) in [7, 11) is 0. The number of aromatic hydroxyl groups is 1. The number of rotatable bonds is 4. The number of thiophene rings is 1. The minimum Gasteiger partial charge on any atom is -0.506 e. The maximum Gasteiger partial charge on any atom is 0.259 e. The largest absolute Gasteiger partial charge is 0.506 e. The van der Waals surface area contributed by atoms with E-state index in [0.717, 1.165) is 26.9 Å². The van der Waals surface area contributed by atoms with Crippen LogP contribution in [0.15, 0.2) is 77.3 Å². The van der Waals surface area contributed by atoms with Crippen molar-refractivity contribution in [3.63, 3.8) is 0 Å². The molecule has 5 nitrogen and oxygen atoms in total. The highest BCUT2D eigenvalue weighted by Gasteiger charge is 2.14. The molecule has 150 valence electrons. The molecule has 1 N–H and O–H groups in total. The van der Waals surface area contributed by atoms with Gasteiger partial charge in [-0.1, -0.05) is 24.3 Å². The molecule has 0 saturated carbocycles. The highest BCUT2D eigenvalue weighted by atomic mass is 35.5. The zero-order chi connectivity index (χ0) is 19.8. The smallest absolute Gasteiger partial charge is 0.259 e. The first kappa shape index (κ1) is 20.1. The molecule has 0 radical (unpaired) electrons. The molecule has 30 heavy (non-hydrogen) atoms. The molecule has 0 amide bonds. The van der Waals surface area contributed by atoms with Gasteiger partial charge in [0.1, 0.15) is 5.75 Å². The Morgan fingerprint density at radius 3 is 2.77 bits per heavy atom. The molecule has 0 unspecified atom stereocenters. The van der Waals surface area contributed by atoms with Gasteiger partial charge in [-0.2, -0.15) is 0 Å². The van der Waals surface area contributed by atoms with Gasteiger partial charge in [-0.05, 0) is 24.3 Å². The maximum atomic E-state index is 13.2. The average Bonchev–Trinajstić information content (AvgIpc) is 3.18. The van der Waals surface area contributed by atoms with Crippen LogP contribution in [0.1, 0.15) is 5.69 Å². The van der Waals surface area contributed by atoms with E-state index in [-0.39, 0.29) is 23.7 Å². The lowest BCUT2D eigenvalue weighted by atomic mass is 10.1. The molecular formula is C23H18ClN3O2S. The Labute approximate surface area is 182 Å². The van der Waals surface area contributed by atoms with E-state index in [1.54, 1.807) is 16.8 Å². The Kier molecular flexibility index (Phi) is 5.53. The average molecular weight is 436 g/mol. The zero-order valence-electron chi connectivity index (χ0n) is 15.9. The number of benzene rings is 1. The van der Waals surface area contributed by atoms with Crippen molar-refractivity contribution in [2.75, 3.05) is 0 Å². The van der Waals surface area contributed by atoms with E-state index in [9.17, 15) is 9.90 Å². The molecule has 0 aliphatic carbocycles. The summed E-state index contributed by atoms with van der Waals surface area (Å²) < 4.78 is 2.62. The predicted octanol–water partition coefficient (Wildman–Crippen LogP) is 5.04. The van der Waals surface area contributed by atoms with Crippen LogP contribution in [-0.2, 0) is 13.0 Å². The van der Waals surface area contributed by atoms with Crippen LogP contribution in [-0.4, -0.2) is 19.6 Å². The minimum absolute atomic E-state index is 0. The number of fused-ring (bicyclic) bond motifs is 2. The number of hydrogen-bond donors (Lipinski definition) is 1. The van der Waals surface area contributed by atoms with Crippen molar-refractivity contribution in [2.45, 2.75) is 13.0 Å². The fraction of sp³-hybridized carbons (Fsp3) is 0.0870. The van der Waals surface area contributed by atoms with Gasteiger partial charge in [0, 0.05) is 57.6 Å². The topological polar surface area (TPSA) is 68.0 Å². The number of para-hydroxylation sites is 1. The molecule has 5 rings (SSSR count). The monoisotopic (exact) mass is 435 g/mol. The van der Waals surface area contributed by atoms with Crippen LogP contribution in [0.3, 0.4) is 0 Å². The Bertz CT molecular complexity index is 1410. The van der Waals surface area contributed by atoms with Crippen molar-refractivity contribution in [1.82, 2.24) is 14.5 Å². The highest BCUT2D eigenvalue weighted by molar-refractivity contribution is 7.17. The van der Waals surface area contributed by atoms with Gasteiger partial charge in [-0.3, -0.25) is 14.8 Å². The van der Waals surface area contributed by atoms with E-state index in [1.807, 2.05) is 48.0 Å². The summed E-state index contributed by atoms with van der Waals surface area (Å²) in [6.45, 7) is 0.539. The van der Waals surface area contributed by atoms with Gasteiger partial charge in [0.2, 0.25) is 0 Å². The molecule has 0 fully saturated rings. The Morgan fingerprint density at radius 1 is 1.03 bits per heavy atom. The molecule has 1 aromatic carbocycles. The first-order valence-corrected chi connectivity index (χ1v) is 10.2. The van der Waals surface area contributed by atoms with Crippen LogP contribution < -0.4 is 5.56 Å². The molecule has 4 aromatic heterocycles. The van der Waals surface area contributed by atoms with E-state index in [0.29, 0.717) is 23.9 Å². The normalized spacial score (nSPS) is 10.9. The molecule has 0 atom stereocenters. The Balaban J connectivity index is 0.00000218. The molecule has 5 aromatic rings. The molecule has 7 heteroatoms. The summed E-state index contributed by atoms with van der Waals surface area (Å²) >= 11 is 1.50. The number of nitrogens with zero attached hydrogens (tertiary/aromatic N) is 3. The zero-order valence-corrected chi connectivity index (χ0v) is 17.5. The van der Waals surface area contributed by atoms with Crippen molar-refractivity contribution in [1.29, 1.82) is 0 Å². The molecule has 0 bridgehead atoms. The SMILES string of the molecule is Cl.O=c1c2c(-c3ccncc3O)csc2ccn1CCc1ccc2ccccc2n1. The fourth-order valence-corrected chi connectivity index (χ4v) is 4.50. The predicted molar refractivity (Wildman–Crippen MR) is 124 cm³/mol. The van der Waals surface area contributed by atoms with Crippen molar-refractivity contribution < 1.29 is 5.11 Å². The second kappa shape index (κ2) is 8.26. The third kappa shape index (κ3) is 3.56. The molecule has 4 heterocycles. The first-order valence-electron chi connectivity index (χ1n) is 9.29. The van der Waals surface area contributed by atoms with Crippen molar-refractivity contribution in [2.24, 2.45) is 0 Å². The van der Waals surface area contributed by atoms with Gasteiger partial charge < -0.3 is 9.67 Å². The summed E-state index contributed by atoms with van der Waals surface area (Å²) in [6, 6.07) is 15.8. The van der Waals surface area contributed by atoms with Gasteiger partial charge in [-0.25, -0.2) is 0 Å². The van der Waals surface area contributed by atoms with E-state index >= 15 is 0 Å². The van der Waals surface area contributed by atoms with E-state index in [1.165, 1.54) is 17.5 Å². The lowest BCUT2D eigenvalue weighted by Gasteiger charge is -2.08. The van der Waals surface area contributed by atoms with Crippen LogP contribution in [0, 0.1) is 0 Å². The van der Waals surface area contributed by atoms with Gasteiger partial charge >= 0.3 is 0 Å². The van der Waals surface area contributed by atoms with Crippen molar-refractivity contribution >= 4 is 44.7 Å². The summed E-state index contributed by atoms with van der Waals surface area (Å²) in [6.07, 6.45) is 5.51. The van der Waals surface area contributed by atoms with Gasteiger partial charge in [0.05, 0.1) is 17.1 Å². The minimum atomic E-state index is -0.0595. The quantitative estimate of drug-likeness (QED) is 0.429. The Morgan fingerprint density at radius 2 is 1.90 bits per heavy atom. The number of pyridine rings is 3. The molecular weight excluding hydrogens is 418 g/mol. The summed E-state index contributed by atoms with van der Waals surface area (Å²) in [5.41, 5.74) is 3.22. The lowest BCUT2D eigenvalue weighted by Crippen LogP contribution is -2.20. The number of aromatic nitrogens is 3. The molecule has 0 aliphatic rings. The summed E-state index contributed by atoms with van der Waals surface area (Å²) in [4.78, 5) is 21.8. The van der Waals surface area contributed by atoms with Crippen LogP contribution in [0.2, 0.25) is 0 Å². The second-order valence-electron chi connectivity index (χ2n) is 6.84. The van der Waals surface area contributed by atoms with Crippen LogP contribution >= 0.6 is 23.7 Å². The third-order valence-electron chi connectivity index (χ3n) is 5.06. The molecule has 0 saturated heterocycles. The van der Waals surface area contributed by atoms with Crippen molar-refractivity contribution in [3.8, 4) is 16.9 Å². The lowest BCUT2D eigenvalue weighted by molar-refractivity contribution is 0.475. The first-order chi connectivity index (χ1) is 14.2. The maximum absolute atomic E-state index is 13.2. The third-order valence-corrected chi connectivity index (χ3v) is 6.00. The molecule has 0 aliphatic heterocycles. The molecule has 0 spiro atoms. The van der Waals surface area contributed by atoms with E-state index < -0.39 is 0 Å². The summed E-state index contributed by atoms with van der Waals surface area (Å²) in [5, 5.41) is 13.8. The van der Waals surface area contributed by atoms with E-state index in [4.69, 9.17) is 4.98 Å². The second-order valence-corrected chi connectivity index (χ2v) is 7.75. The van der Waals surface area contributed by atoms with Crippen LogP contribution in [0.5, 0.6) is 5.75 Å². The van der Waals surface area contributed by atoms with E-state index in [2.05, 4.69) is 11.1 Å². The van der Waals surface area contributed by atoms with Gasteiger partial charge in [-0.15, -0.1) is 23.7 Å². The highest BCUT2D eigenvalue weighted by Crippen LogP contribution is 2.35. The number of aryl methyl sites for hydroxylation is 2. The summed E-state index contributed by atoms with van der Waals surface area (Å²) in [5.74, 6) is 0.0716. The Hall–Kier alpha value is -3.22. The van der Waals surface area contributed by atoms with Gasteiger partial charge in [0.25, 0.3) is 5.56 Å². The fourth-order valence-electron chi connectivity index (χ4n) is 3.56.